The topological polar surface area (TPSA) is 26.3 Å². The summed E-state index contributed by atoms with van der Waals surface area (Å²) in [7, 11) is 0. The maximum Gasteiger partial charge on any atom is 0.416 e. The number of halogens is 4. The van der Waals surface area contributed by atoms with Crippen LogP contribution in [-0.2, 0) is 10.9 Å². The van der Waals surface area contributed by atoms with Gasteiger partial charge in [-0.3, -0.25) is 0 Å². The molecule has 0 aliphatic carbocycles. The van der Waals surface area contributed by atoms with Crippen LogP contribution in [0.25, 0.3) is 0 Å². The third-order valence-corrected chi connectivity index (χ3v) is 4.19. The van der Waals surface area contributed by atoms with Gasteiger partial charge in [-0.25, -0.2) is 9.18 Å². The molecule has 0 fully saturated rings. The van der Waals surface area contributed by atoms with Gasteiger partial charge in [0, 0.05) is 0 Å². The summed E-state index contributed by atoms with van der Waals surface area (Å²) >= 11 is 0. The third kappa shape index (κ3) is 9.20. The van der Waals surface area contributed by atoms with Gasteiger partial charge in [-0.1, -0.05) is 64.7 Å². The van der Waals surface area contributed by atoms with E-state index in [-0.39, 0.29) is 6.61 Å². The molecule has 1 aromatic carbocycles. The number of benzene rings is 1. The molecule has 0 amide bonds. The molecule has 0 radical (unpaired) electrons. The first-order valence-electron chi connectivity index (χ1n) is 9.39. The van der Waals surface area contributed by atoms with Crippen molar-refractivity contribution < 1.29 is 27.1 Å². The Balaban J connectivity index is 2.20. The predicted molar refractivity (Wildman–Crippen MR) is 93.5 cm³/mol. The van der Waals surface area contributed by atoms with E-state index in [0.717, 1.165) is 25.3 Å². The van der Waals surface area contributed by atoms with Gasteiger partial charge in [-0.15, -0.1) is 0 Å². The van der Waals surface area contributed by atoms with Crippen LogP contribution in [0.15, 0.2) is 18.2 Å². The van der Waals surface area contributed by atoms with Gasteiger partial charge in [0.25, 0.3) is 0 Å². The molecule has 0 saturated carbocycles. The van der Waals surface area contributed by atoms with Crippen LogP contribution in [0.5, 0.6) is 0 Å². The summed E-state index contributed by atoms with van der Waals surface area (Å²) in [6, 6.07) is 1.74. The number of unbranched alkanes of at least 4 members (excludes halogenated alkanes) is 9. The van der Waals surface area contributed by atoms with Gasteiger partial charge in [-0.2, -0.15) is 13.2 Å². The second-order valence-corrected chi connectivity index (χ2v) is 6.54. The fourth-order valence-electron chi connectivity index (χ4n) is 2.71. The van der Waals surface area contributed by atoms with Gasteiger partial charge < -0.3 is 4.74 Å². The maximum atomic E-state index is 13.3. The third-order valence-electron chi connectivity index (χ3n) is 4.19. The molecular formula is C20H28F4O2. The monoisotopic (exact) mass is 376 g/mol. The lowest BCUT2D eigenvalue weighted by atomic mass is 10.1. The number of carbonyl (C=O) groups excluding carboxylic acids is 1. The Bertz CT molecular complexity index is 541. The van der Waals surface area contributed by atoms with Crippen molar-refractivity contribution in [1.82, 2.24) is 0 Å². The Morgan fingerprint density at radius 1 is 0.885 bits per heavy atom. The van der Waals surface area contributed by atoms with Crippen LogP contribution >= 0.6 is 0 Å². The highest BCUT2D eigenvalue weighted by molar-refractivity contribution is 5.89. The van der Waals surface area contributed by atoms with Gasteiger partial charge in [0.05, 0.1) is 17.7 Å². The Kier molecular flexibility index (Phi) is 10.3. The zero-order valence-corrected chi connectivity index (χ0v) is 15.3. The van der Waals surface area contributed by atoms with E-state index in [1.165, 1.54) is 38.5 Å². The molecule has 2 nitrogen and oxygen atoms in total. The minimum Gasteiger partial charge on any atom is -0.462 e. The standard InChI is InChI=1S/C20H28F4O2/c1-2-3-4-5-6-7-8-9-10-11-12-26-19(25)16-13-17(20(22,23)24)15-18(21)14-16/h13-15H,2-12H2,1H3. The lowest BCUT2D eigenvalue weighted by Crippen LogP contribution is -2.11. The molecule has 1 rings (SSSR count). The number of alkyl halides is 3. The molecular weight excluding hydrogens is 348 g/mol. The number of rotatable bonds is 12. The fourth-order valence-corrected chi connectivity index (χ4v) is 2.71. The predicted octanol–water partition coefficient (Wildman–Crippen LogP) is 6.92. The zero-order valence-electron chi connectivity index (χ0n) is 15.3. The lowest BCUT2D eigenvalue weighted by molar-refractivity contribution is -0.137. The van der Waals surface area contributed by atoms with E-state index in [0.29, 0.717) is 18.6 Å². The van der Waals surface area contributed by atoms with Crippen molar-refractivity contribution in [2.75, 3.05) is 6.61 Å². The van der Waals surface area contributed by atoms with Crippen molar-refractivity contribution in [2.24, 2.45) is 0 Å². The van der Waals surface area contributed by atoms with E-state index in [1.807, 2.05) is 0 Å². The number of esters is 1. The first-order chi connectivity index (χ1) is 12.3. The molecule has 0 spiro atoms. The molecule has 0 aliphatic heterocycles. The molecule has 0 aliphatic rings. The van der Waals surface area contributed by atoms with E-state index >= 15 is 0 Å². The minimum atomic E-state index is -4.70. The summed E-state index contributed by atoms with van der Waals surface area (Å²) in [4.78, 5) is 11.8. The summed E-state index contributed by atoms with van der Waals surface area (Å²) in [6.45, 7) is 2.32. The number of carbonyl (C=O) groups is 1. The van der Waals surface area contributed by atoms with Crippen LogP contribution in [0.3, 0.4) is 0 Å². The summed E-state index contributed by atoms with van der Waals surface area (Å²) in [5.74, 6) is -2.03. The molecule has 0 unspecified atom stereocenters. The highest BCUT2D eigenvalue weighted by Crippen LogP contribution is 2.30. The maximum absolute atomic E-state index is 13.3. The smallest absolute Gasteiger partial charge is 0.416 e. The summed E-state index contributed by atoms with van der Waals surface area (Å²) in [5.41, 5.74) is -1.60. The molecule has 6 heteroatoms. The van der Waals surface area contributed by atoms with Gasteiger partial charge in [0.1, 0.15) is 5.82 Å². The van der Waals surface area contributed by atoms with E-state index in [2.05, 4.69) is 6.92 Å². The van der Waals surface area contributed by atoms with Crippen LogP contribution in [0.4, 0.5) is 17.6 Å². The first-order valence-corrected chi connectivity index (χ1v) is 9.39. The van der Waals surface area contributed by atoms with Gasteiger partial charge in [0.15, 0.2) is 0 Å². The van der Waals surface area contributed by atoms with E-state index in [9.17, 15) is 22.4 Å². The molecule has 0 atom stereocenters. The van der Waals surface area contributed by atoms with Gasteiger partial charge >= 0.3 is 12.1 Å². The van der Waals surface area contributed by atoms with Crippen molar-refractivity contribution in [3.63, 3.8) is 0 Å². The normalized spacial score (nSPS) is 11.6. The largest absolute Gasteiger partial charge is 0.462 e. The SMILES string of the molecule is CCCCCCCCCCCCOC(=O)c1cc(F)cc(C(F)(F)F)c1. The Morgan fingerprint density at radius 3 is 1.96 bits per heavy atom. The Hall–Kier alpha value is -1.59. The fraction of sp³-hybridized carbons (Fsp3) is 0.650. The van der Waals surface area contributed by atoms with Crippen LogP contribution in [0.1, 0.15) is 87.1 Å². The molecule has 26 heavy (non-hydrogen) atoms. The van der Waals surface area contributed by atoms with Crippen molar-refractivity contribution in [2.45, 2.75) is 77.3 Å². The summed E-state index contributed by atoms with van der Waals surface area (Å²) in [6.07, 6.45) is 6.59. The van der Waals surface area contributed by atoms with E-state index in [4.69, 9.17) is 4.74 Å². The average molecular weight is 376 g/mol. The lowest BCUT2D eigenvalue weighted by Gasteiger charge is -2.09. The zero-order chi connectivity index (χ0) is 19.4. The average Bonchev–Trinajstić information content (AvgIpc) is 2.58. The first kappa shape index (κ1) is 22.5. The van der Waals surface area contributed by atoms with E-state index in [1.54, 1.807) is 0 Å². The second kappa shape index (κ2) is 11.9. The molecule has 1 aromatic rings. The summed E-state index contributed by atoms with van der Waals surface area (Å²) in [5, 5.41) is 0. The van der Waals surface area contributed by atoms with Crippen molar-refractivity contribution in [3.8, 4) is 0 Å². The number of ether oxygens (including phenoxy) is 1. The van der Waals surface area contributed by atoms with Crippen LogP contribution in [-0.4, -0.2) is 12.6 Å². The van der Waals surface area contributed by atoms with Crippen LogP contribution < -0.4 is 0 Å². The molecule has 0 N–H and O–H groups in total. The van der Waals surface area contributed by atoms with Crippen LogP contribution in [0.2, 0.25) is 0 Å². The highest BCUT2D eigenvalue weighted by atomic mass is 19.4. The Morgan fingerprint density at radius 2 is 1.42 bits per heavy atom. The molecule has 0 saturated heterocycles. The van der Waals surface area contributed by atoms with Crippen molar-refractivity contribution >= 4 is 5.97 Å². The Labute approximate surface area is 152 Å². The minimum absolute atomic E-state index is 0.132. The molecule has 148 valence electrons. The van der Waals surface area contributed by atoms with Gasteiger partial charge in [-0.05, 0) is 24.6 Å². The van der Waals surface area contributed by atoms with Crippen LogP contribution in [0, 0.1) is 5.82 Å². The molecule has 0 heterocycles. The number of hydrogen-bond donors (Lipinski definition) is 0. The number of hydrogen-bond acceptors (Lipinski definition) is 2. The quantitative estimate of drug-likeness (QED) is 0.225. The molecule has 0 aromatic heterocycles. The molecule has 0 bridgehead atoms. The second-order valence-electron chi connectivity index (χ2n) is 6.54. The van der Waals surface area contributed by atoms with E-state index < -0.39 is 29.1 Å². The summed E-state index contributed by atoms with van der Waals surface area (Å²) < 4.78 is 56.1. The van der Waals surface area contributed by atoms with Crippen molar-refractivity contribution in [3.05, 3.63) is 35.1 Å². The van der Waals surface area contributed by atoms with Crippen molar-refractivity contribution in [1.29, 1.82) is 0 Å². The van der Waals surface area contributed by atoms with Gasteiger partial charge in [0.2, 0.25) is 0 Å². The highest BCUT2D eigenvalue weighted by Gasteiger charge is 2.32.